The van der Waals surface area contributed by atoms with Gasteiger partial charge < -0.3 is 14.6 Å². The molecule has 1 amide bonds. The lowest BCUT2D eigenvalue weighted by Crippen LogP contribution is -2.25. The maximum atomic E-state index is 12.7. The van der Waals surface area contributed by atoms with Gasteiger partial charge in [-0.2, -0.15) is 0 Å². The second-order valence-electron chi connectivity index (χ2n) is 5.47. The van der Waals surface area contributed by atoms with Crippen LogP contribution in [0.4, 0.5) is 11.5 Å². The number of nitro groups is 1. The zero-order valence-electron chi connectivity index (χ0n) is 13.8. The summed E-state index contributed by atoms with van der Waals surface area (Å²) in [5, 5.41) is 17.1. The second kappa shape index (κ2) is 7.47. The summed E-state index contributed by atoms with van der Waals surface area (Å²) in [4.78, 5) is 22.9. The standard InChI is InChI=1S/C18H15N3O5/c1-12-11-16(20-26-12)19-18(22)17(13-5-3-2-4-6-13)25-15-9-7-14(8-10-15)21(23)24/h2-11,17H,1H3,(H,19,20,22)/t17-/m0/s1. The predicted molar refractivity (Wildman–Crippen MR) is 92.8 cm³/mol. The van der Waals surface area contributed by atoms with Crippen LogP contribution < -0.4 is 10.1 Å². The van der Waals surface area contributed by atoms with E-state index in [1.807, 2.05) is 6.07 Å². The maximum absolute atomic E-state index is 12.7. The minimum atomic E-state index is -0.963. The van der Waals surface area contributed by atoms with E-state index in [9.17, 15) is 14.9 Å². The van der Waals surface area contributed by atoms with E-state index in [1.54, 1.807) is 37.3 Å². The van der Waals surface area contributed by atoms with Crippen molar-refractivity contribution in [3.63, 3.8) is 0 Å². The van der Waals surface area contributed by atoms with E-state index >= 15 is 0 Å². The highest BCUT2D eigenvalue weighted by molar-refractivity contribution is 5.94. The fourth-order valence-corrected chi connectivity index (χ4v) is 2.30. The average molecular weight is 353 g/mol. The molecular formula is C18H15N3O5. The van der Waals surface area contributed by atoms with Crippen molar-refractivity contribution in [3.8, 4) is 5.75 Å². The number of carbonyl (C=O) groups is 1. The number of nitrogens with one attached hydrogen (secondary N) is 1. The monoisotopic (exact) mass is 353 g/mol. The third-order valence-corrected chi connectivity index (χ3v) is 3.52. The summed E-state index contributed by atoms with van der Waals surface area (Å²) in [7, 11) is 0. The number of amides is 1. The Morgan fingerprint density at radius 2 is 1.88 bits per heavy atom. The first kappa shape index (κ1) is 17.2. The summed E-state index contributed by atoms with van der Waals surface area (Å²) >= 11 is 0. The molecule has 1 aromatic heterocycles. The highest BCUT2D eigenvalue weighted by atomic mass is 16.6. The molecule has 0 spiro atoms. The largest absolute Gasteiger partial charge is 0.476 e. The maximum Gasteiger partial charge on any atom is 0.271 e. The molecule has 1 atom stereocenters. The van der Waals surface area contributed by atoms with Crippen molar-refractivity contribution in [1.82, 2.24) is 5.16 Å². The summed E-state index contributed by atoms with van der Waals surface area (Å²) in [6, 6.07) is 16.0. The van der Waals surface area contributed by atoms with Crippen LogP contribution in [0.5, 0.6) is 5.75 Å². The summed E-state index contributed by atoms with van der Waals surface area (Å²) in [5.41, 5.74) is 0.569. The van der Waals surface area contributed by atoms with E-state index in [4.69, 9.17) is 9.26 Å². The molecule has 0 unspecified atom stereocenters. The molecule has 0 aliphatic carbocycles. The van der Waals surface area contributed by atoms with Crippen molar-refractivity contribution >= 4 is 17.4 Å². The van der Waals surface area contributed by atoms with Gasteiger partial charge >= 0.3 is 0 Å². The number of nitro benzene ring substituents is 1. The van der Waals surface area contributed by atoms with E-state index in [2.05, 4.69) is 10.5 Å². The lowest BCUT2D eigenvalue weighted by molar-refractivity contribution is -0.384. The highest BCUT2D eigenvalue weighted by Crippen LogP contribution is 2.25. The van der Waals surface area contributed by atoms with Gasteiger partial charge in [0, 0.05) is 23.8 Å². The molecular weight excluding hydrogens is 338 g/mol. The van der Waals surface area contributed by atoms with E-state index < -0.39 is 16.9 Å². The molecule has 8 nitrogen and oxygen atoms in total. The fourth-order valence-electron chi connectivity index (χ4n) is 2.30. The highest BCUT2D eigenvalue weighted by Gasteiger charge is 2.24. The first-order chi connectivity index (χ1) is 12.5. The Bertz CT molecular complexity index is 906. The molecule has 8 heteroatoms. The second-order valence-corrected chi connectivity index (χ2v) is 5.47. The lowest BCUT2D eigenvalue weighted by Gasteiger charge is -2.18. The third-order valence-electron chi connectivity index (χ3n) is 3.52. The van der Waals surface area contributed by atoms with Gasteiger partial charge in [0.2, 0.25) is 6.10 Å². The molecule has 26 heavy (non-hydrogen) atoms. The van der Waals surface area contributed by atoms with Gasteiger partial charge in [0.05, 0.1) is 4.92 Å². The Kier molecular flexibility index (Phi) is 4.93. The van der Waals surface area contributed by atoms with E-state index in [0.717, 1.165) is 0 Å². The molecule has 0 saturated heterocycles. The number of carbonyl (C=O) groups excluding carboxylic acids is 1. The SMILES string of the molecule is Cc1cc(NC(=O)[C@@H](Oc2ccc([N+](=O)[O-])cc2)c2ccccc2)no1. The third kappa shape index (κ3) is 4.04. The Labute approximate surface area is 148 Å². The summed E-state index contributed by atoms with van der Waals surface area (Å²) < 4.78 is 10.7. The number of ether oxygens (including phenoxy) is 1. The van der Waals surface area contributed by atoms with Crippen molar-refractivity contribution < 1.29 is 19.0 Å². The number of hydrogen-bond acceptors (Lipinski definition) is 6. The number of rotatable bonds is 6. The minimum Gasteiger partial charge on any atom is -0.476 e. The number of nitrogens with zero attached hydrogens (tertiary/aromatic N) is 2. The van der Waals surface area contributed by atoms with Gasteiger partial charge in [0.15, 0.2) is 5.82 Å². The van der Waals surface area contributed by atoms with Gasteiger partial charge in [-0.05, 0) is 19.1 Å². The summed E-state index contributed by atoms with van der Waals surface area (Å²) in [6.07, 6.45) is -0.963. The first-order valence-electron chi connectivity index (χ1n) is 7.73. The molecule has 0 fully saturated rings. The zero-order valence-corrected chi connectivity index (χ0v) is 13.8. The van der Waals surface area contributed by atoms with Crippen LogP contribution in [0, 0.1) is 17.0 Å². The van der Waals surface area contributed by atoms with Crippen LogP contribution in [0.1, 0.15) is 17.4 Å². The number of aromatic nitrogens is 1. The smallest absolute Gasteiger partial charge is 0.271 e. The van der Waals surface area contributed by atoms with Crippen LogP contribution in [-0.2, 0) is 4.79 Å². The van der Waals surface area contributed by atoms with Crippen molar-refractivity contribution in [2.75, 3.05) is 5.32 Å². The van der Waals surface area contributed by atoms with Crippen LogP contribution in [0.3, 0.4) is 0 Å². The Morgan fingerprint density at radius 3 is 2.46 bits per heavy atom. The molecule has 0 radical (unpaired) electrons. The van der Waals surface area contributed by atoms with Crippen molar-refractivity contribution in [2.45, 2.75) is 13.0 Å². The molecule has 0 aliphatic rings. The quantitative estimate of drug-likeness (QED) is 0.535. The average Bonchev–Trinajstić information content (AvgIpc) is 3.05. The molecule has 3 rings (SSSR count). The molecule has 1 heterocycles. The van der Waals surface area contributed by atoms with E-state index in [0.29, 0.717) is 17.1 Å². The van der Waals surface area contributed by atoms with Crippen LogP contribution in [0.15, 0.2) is 65.2 Å². The van der Waals surface area contributed by atoms with Crippen LogP contribution in [-0.4, -0.2) is 16.0 Å². The van der Waals surface area contributed by atoms with Gasteiger partial charge in [-0.15, -0.1) is 0 Å². The summed E-state index contributed by atoms with van der Waals surface area (Å²) in [5.74, 6) is 0.729. The Balaban J connectivity index is 1.83. The molecule has 0 bridgehead atoms. The minimum absolute atomic E-state index is 0.0591. The molecule has 2 aromatic carbocycles. The van der Waals surface area contributed by atoms with Gasteiger partial charge in [-0.3, -0.25) is 14.9 Å². The number of benzene rings is 2. The molecule has 0 aliphatic heterocycles. The topological polar surface area (TPSA) is 108 Å². The predicted octanol–water partition coefficient (Wildman–Crippen LogP) is 3.65. The van der Waals surface area contributed by atoms with Gasteiger partial charge in [0.25, 0.3) is 11.6 Å². The fraction of sp³-hybridized carbons (Fsp3) is 0.111. The van der Waals surface area contributed by atoms with Crippen LogP contribution in [0.25, 0.3) is 0 Å². The van der Waals surface area contributed by atoms with Crippen molar-refractivity contribution in [3.05, 3.63) is 82.1 Å². The number of non-ortho nitro benzene ring substituents is 1. The number of hydrogen-bond donors (Lipinski definition) is 1. The Morgan fingerprint density at radius 1 is 1.19 bits per heavy atom. The number of anilines is 1. The van der Waals surface area contributed by atoms with Crippen molar-refractivity contribution in [1.29, 1.82) is 0 Å². The molecule has 0 saturated carbocycles. The van der Waals surface area contributed by atoms with E-state index in [-0.39, 0.29) is 11.5 Å². The summed E-state index contributed by atoms with van der Waals surface area (Å²) in [6.45, 7) is 1.71. The lowest BCUT2D eigenvalue weighted by atomic mass is 10.1. The number of aryl methyl sites for hydroxylation is 1. The zero-order chi connectivity index (χ0) is 18.5. The molecule has 3 aromatic rings. The molecule has 1 N–H and O–H groups in total. The first-order valence-corrected chi connectivity index (χ1v) is 7.73. The van der Waals surface area contributed by atoms with Crippen LogP contribution in [0.2, 0.25) is 0 Å². The normalized spacial score (nSPS) is 11.6. The molecule has 132 valence electrons. The Hall–Kier alpha value is -3.68. The van der Waals surface area contributed by atoms with Crippen LogP contribution >= 0.6 is 0 Å². The van der Waals surface area contributed by atoms with Gasteiger partial charge in [-0.25, -0.2) is 0 Å². The van der Waals surface area contributed by atoms with Crippen molar-refractivity contribution in [2.24, 2.45) is 0 Å². The van der Waals surface area contributed by atoms with Gasteiger partial charge in [0.1, 0.15) is 11.5 Å². The van der Waals surface area contributed by atoms with E-state index in [1.165, 1.54) is 24.3 Å². The van der Waals surface area contributed by atoms with Gasteiger partial charge in [-0.1, -0.05) is 35.5 Å².